The molecule has 0 spiro atoms. The summed E-state index contributed by atoms with van der Waals surface area (Å²) >= 11 is 13.4. The highest BCUT2D eigenvalue weighted by Crippen LogP contribution is 2.28. The van der Waals surface area contributed by atoms with Crippen LogP contribution in [0, 0.1) is 0 Å². The van der Waals surface area contributed by atoms with E-state index < -0.39 is 22.5 Å². The van der Waals surface area contributed by atoms with Gasteiger partial charge in [0.15, 0.2) is 0 Å². The molecule has 2 aromatic heterocycles. The van der Waals surface area contributed by atoms with Gasteiger partial charge in [-0.05, 0) is 46.2 Å². The summed E-state index contributed by atoms with van der Waals surface area (Å²) < 4.78 is 26.9. The first-order valence-electron chi connectivity index (χ1n) is 8.04. The van der Waals surface area contributed by atoms with Crippen LogP contribution in [0.4, 0.5) is 0 Å². The predicted octanol–water partition coefficient (Wildman–Crippen LogP) is 3.71. The van der Waals surface area contributed by atoms with Gasteiger partial charge in [-0.2, -0.15) is 11.3 Å². The van der Waals surface area contributed by atoms with Crippen molar-refractivity contribution in [3.63, 3.8) is 0 Å². The Hall–Kier alpha value is -1.97. The number of nitrogens with zero attached hydrogens (tertiary/aromatic N) is 1. The summed E-state index contributed by atoms with van der Waals surface area (Å²) in [5, 5.41) is 6.60. The van der Waals surface area contributed by atoms with Crippen LogP contribution in [0.5, 0.6) is 0 Å². The van der Waals surface area contributed by atoms with Gasteiger partial charge < -0.3 is 5.32 Å². The van der Waals surface area contributed by atoms with E-state index in [0.717, 1.165) is 16.7 Å². The van der Waals surface area contributed by atoms with Crippen LogP contribution < -0.4 is 10.0 Å². The molecule has 0 unspecified atom stereocenters. The first kappa shape index (κ1) is 20.8. The van der Waals surface area contributed by atoms with E-state index in [2.05, 4.69) is 15.0 Å². The van der Waals surface area contributed by atoms with Crippen LogP contribution in [0.15, 0.2) is 58.4 Å². The molecule has 3 rings (SSSR count). The molecule has 0 saturated heterocycles. The molecule has 0 bridgehead atoms. The standard InChI is InChI=1S/C18H15Cl2N3O3S2/c19-15-2-1-3-16(20)18(15)28(25,26)23-10-17(24)22-8-12-6-14(9-21-7-12)13-4-5-27-11-13/h1-7,9,11,23H,8,10H2,(H,22,24). The second-order valence-electron chi connectivity index (χ2n) is 5.75. The molecule has 0 atom stereocenters. The quantitative estimate of drug-likeness (QED) is 0.568. The average molecular weight is 456 g/mol. The highest BCUT2D eigenvalue weighted by Gasteiger charge is 2.22. The summed E-state index contributed by atoms with van der Waals surface area (Å²) in [5.74, 6) is -0.493. The summed E-state index contributed by atoms with van der Waals surface area (Å²) in [6, 6.07) is 8.27. The normalized spacial score (nSPS) is 11.4. The lowest BCUT2D eigenvalue weighted by molar-refractivity contribution is -0.120. The summed E-state index contributed by atoms with van der Waals surface area (Å²) in [7, 11) is -4.02. The molecule has 0 radical (unpaired) electrons. The molecule has 6 nitrogen and oxygen atoms in total. The fourth-order valence-corrected chi connectivity index (χ4v) is 5.19. The van der Waals surface area contributed by atoms with Gasteiger partial charge in [0.2, 0.25) is 15.9 Å². The lowest BCUT2D eigenvalue weighted by Gasteiger charge is -2.10. The number of carbonyl (C=O) groups excluding carboxylic acids is 1. The Morgan fingerprint density at radius 1 is 1.11 bits per heavy atom. The molecule has 1 aromatic carbocycles. The summed E-state index contributed by atoms with van der Waals surface area (Å²) in [6.45, 7) is -0.222. The van der Waals surface area contributed by atoms with Gasteiger partial charge in [-0.25, -0.2) is 13.1 Å². The number of sulfonamides is 1. The number of rotatable bonds is 7. The van der Waals surface area contributed by atoms with Crippen molar-refractivity contribution >= 4 is 50.5 Å². The van der Waals surface area contributed by atoms with Crippen molar-refractivity contribution in [1.82, 2.24) is 15.0 Å². The average Bonchev–Trinajstić information content (AvgIpc) is 3.19. The minimum Gasteiger partial charge on any atom is -0.351 e. The summed E-state index contributed by atoms with van der Waals surface area (Å²) in [4.78, 5) is 16.0. The minimum atomic E-state index is -4.02. The molecule has 0 fully saturated rings. The number of hydrogen-bond acceptors (Lipinski definition) is 5. The van der Waals surface area contributed by atoms with Gasteiger partial charge >= 0.3 is 0 Å². The molecule has 0 saturated carbocycles. The van der Waals surface area contributed by atoms with Gasteiger partial charge in [-0.3, -0.25) is 9.78 Å². The molecular weight excluding hydrogens is 441 g/mol. The molecular formula is C18H15Cl2N3O3S2. The number of halogens is 2. The Balaban J connectivity index is 1.59. The van der Waals surface area contributed by atoms with Gasteiger partial charge in [0.25, 0.3) is 0 Å². The number of nitrogens with one attached hydrogen (secondary N) is 2. The Labute approximate surface area is 176 Å². The van der Waals surface area contributed by atoms with Gasteiger partial charge in [0.05, 0.1) is 16.6 Å². The molecule has 0 aliphatic heterocycles. The topological polar surface area (TPSA) is 88.2 Å². The third-order valence-electron chi connectivity index (χ3n) is 3.75. The molecule has 2 heterocycles. The molecule has 3 aromatic rings. The van der Waals surface area contributed by atoms with Crippen molar-refractivity contribution in [2.24, 2.45) is 0 Å². The zero-order valence-corrected chi connectivity index (χ0v) is 17.5. The first-order valence-corrected chi connectivity index (χ1v) is 11.2. The van der Waals surface area contributed by atoms with E-state index in [4.69, 9.17) is 23.2 Å². The Morgan fingerprint density at radius 3 is 2.54 bits per heavy atom. The second kappa shape index (κ2) is 9.02. The number of pyridine rings is 1. The lowest BCUT2D eigenvalue weighted by atomic mass is 10.1. The highest BCUT2D eigenvalue weighted by molar-refractivity contribution is 7.89. The summed E-state index contributed by atoms with van der Waals surface area (Å²) in [6.07, 6.45) is 3.39. The molecule has 0 aliphatic rings. The second-order valence-corrected chi connectivity index (χ2v) is 9.04. The van der Waals surface area contributed by atoms with E-state index in [1.807, 2.05) is 22.9 Å². The fourth-order valence-electron chi connectivity index (χ4n) is 2.41. The van der Waals surface area contributed by atoms with Crippen LogP contribution in [0.3, 0.4) is 0 Å². The third kappa shape index (κ3) is 5.09. The number of carbonyl (C=O) groups is 1. The van der Waals surface area contributed by atoms with E-state index >= 15 is 0 Å². The maximum absolute atomic E-state index is 12.4. The Kier molecular flexibility index (Phi) is 6.69. The number of benzene rings is 1. The minimum absolute atomic E-state index is 0.0169. The van der Waals surface area contributed by atoms with Crippen LogP contribution in [0.25, 0.3) is 11.1 Å². The van der Waals surface area contributed by atoms with E-state index in [1.165, 1.54) is 18.2 Å². The van der Waals surface area contributed by atoms with Gasteiger partial charge in [-0.1, -0.05) is 29.3 Å². The maximum Gasteiger partial charge on any atom is 0.244 e. The molecule has 1 amide bonds. The Bertz CT molecular complexity index is 1070. The highest BCUT2D eigenvalue weighted by atomic mass is 35.5. The first-order chi connectivity index (χ1) is 13.4. The van der Waals surface area contributed by atoms with Crippen molar-refractivity contribution in [3.05, 3.63) is 69.1 Å². The van der Waals surface area contributed by atoms with E-state index in [9.17, 15) is 13.2 Å². The van der Waals surface area contributed by atoms with E-state index in [-0.39, 0.29) is 21.5 Å². The zero-order valence-electron chi connectivity index (χ0n) is 14.4. The van der Waals surface area contributed by atoms with Crippen LogP contribution >= 0.6 is 34.5 Å². The van der Waals surface area contributed by atoms with Gasteiger partial charge in [-0.15, -0.1) is 0 Å². The Morgan fingerprint density at radius 2 is 1.86 bits per heavy atom. The molecule has 0 aliphatic carbocycles. The van der Waals surface area contributed by atoms with Crippen molar-refractivity contribution in [3.8, 4) is 11.1 Å². The van der Waals surface area contributed by atoms with Crippen molar-refractivity contribution in [2.45, 2.75) is 11.4 Å². The van der Waals surface area contributed by atoms with Crippen LogP contribution in [-0.2, 0) is 21.4 Å². The van der Waals surface area contributed by atoms with Gasteiger partial charge in [0.1, 0.15) is 4.90 Å². The molecule has 28 heavy (non-hydrogen) atoms. The molecule has 146 valence electrons. The smallest absolute Gasteiger partial charge is 0.244 e. The number of hydrogen-bond donors (Lipinski definition) is 2. The number of amides is 1. The summed E-state index contributed by atoms with van der Waals surface area (Å²) in [5.41, 5.74) is 2.80. The van der Waals surface area contributed by atoms with E-state index in [0.29, 0.717) is 0 Å². The van der Waals surface area contributed by atoms with Crippen molar-refractivity contribution in [2.75, 3.05) is 6.54 Å². The van der Waals surface area contributed by atoms with Crippen LogP contribution in [-0.4, -0.2) is 25.9 Å². The molecule has 2 N–H and O–H groups in total. The fraction of sp³-hybridized carbons (Fsp3) is 0.111. The zero-order chi connectivity index (χ0) is 20.1. The van der Waals surface area contributed by atoms with Gasteiger partial charge in [0, 0.05) is 24.5 Å². The van der Waals surface area contributed by atoms with E-state index in [1.54, 1.807) is 23.7 Å². The largest absolute Gasteiger partial charge is 0.351 e. The molecule has 10 heteroatoms. The van der Waals surface area contributed by atoms with Crippen molar-refractivity contribution < 1.29 is 13.2 Å². The number of aromatic nitrogens is 1. The number of thiophene rings is 1. The monoisotopic (exact) mass is 455 g/mol. The van der Waals surface area contributed by atoms with Crippen LogP contribution in [0.1, 0.15) is 5.56 Å². The SMILES string of the molecule is O=C(CNS(=O)(=O)c1c(Cl)cccc1Cl)NCc1cncc(-c2ccsc2)c1. The predicted molar refractivity (Wildman–Crippen MR) is 111 cm³/mol. The lowest BCUT2D eigenvalue weighted by Crippen LogP contribution is -2.36. The maximum atomic E-state index is 12.4. The third-order valence-corrected chi connectivity index (χ3v) is 6.79. The van der Waals surface area contributed by atoms with Crippen molar-refractivity contribution in [1.29, 1.82) is 0 Å². The van der Waals surface area contributed by atoms with Crippen LogP contribution in [0.2, 0.25) is 10.0 Å².